The molecule has 186 valence electrons. The lowest BCUT2D eigenvalue weighted by Gasteiger charge is -2.26. The quantitative estimate of drug-likeness (QED) is 0.253. The van der Waals surface area contributed by atoms with E-state index in [1.165, 1.54) is 4.90 Å². The SMILES string of the molecule is COc1ccc(/C(O)=C2/C(=O)C(=O)N(c3cccc(C)c3)C2c2ccc(OCC(C)C)cc2)c(C)c1. The summed E-state index contributed by atoms with van der Waals surface area (Å²) in [7, 11) is 1.57. The molecule has 6 nitrogen and oxygen atoms in total. The molecule has 0 radical (unpaired) electrons. The van der Waals surface area contributed by atoms with Crippen LogP contribution >= 0.6 is 0 Å². The molecule has 1 aliphatic heterocycles. The molecule has 1 unspecified atom stereocenters. The number of ether oxygens (including phenoxy) is 2. The van der Waals surface area contributed by atoms with E-state index in [1.54, 1.807) is 31.4 Å². The number of anilines is 1. The minimum Gasteiger partial charge on any atom is -0.507 e. The number of hydrogen-bond acceptors (Lipinski definition) is 5. The van der Waals surface area contributed by atoms with E-state index in [1.807, 2.05) is 56.3 Å². The van der Waals surface area contributed by atoms with Crippen molar-refractivity contribution in [3.8, 4) is 11.5 Å². The average Bonchev–Trinajstić information content (AvgIpc) is 3.12. The van der Waals surface area contributed by atoms with Gasteiger partial charge in [0.05, 0.1) is 25.3 Å². The van der Waals surface area contributed by atoms with Crippen molar-refractivity contribution in [1.29, 1.82) is 0 Å². The number of methoxy groups -OCH3 is 1. The first-order valence-corrected chi connectivity index (χ1v) is 12.0. The molecule has 1 fully saturated rings. The standard InChI is InChI=1S/C30H31NO5/c1-18(2)17-36-23-11-9-21(10-12-23)27-26(28(32)25-14-13-24(35-5)16-20(25)4)29(33)30(34)31(27)22-8-6-7-19(3)15-22/h6-16,18,27,32H,17H2,1-5H3/b28-26-. The van der Waals surface area contributed by atoms with Gasteiger partial charge in [-0.3, -0.25) is 14.5 Å². The molecule has 1 atom stereocenters. The van der Waals surface area contributed by atoms with Crippen LogP contribution in [-0.2, 0) is 9.59 Å². The van der Waals surface area contributed by atoms with Gasteiger partial charge in [-0.15, -0.1) is 0 Å². The van der Waals surface area contributed by atoms with E-state index >= 15 is 0 Å². The van der Waals surface area contributed by atoms with Crippen LogP contribution in [0.4, 0.5) is 5.69 Å². The number of benzene rings is 3. The third kappa shape index (κ3) is 4.85. The van der Waals surface area contributed by atoms with Crippen LogP contribution < -0.4 is 14.4 Å². The molecule has 36 heavy (non-hydrogen) atoms. The molecule has 3 aromatic rings. The molecule has 4 rings (SSSR count). The number of hydrogen-bond donors (Lipinski definition) is 1. The molecule has 0 saturated carbocycles. The number of amides is 1. The minimum atomic E-state index is -0.799. The molecule has 0 bridgehead atoms. The van der Waals surface area contributed by atoms with Gasteiger partial charge in [-0.2, -0.15) is 0 Å². The van der Waals surface area contributed by atoms with Crippen molar-refractivity contribution >= 4 is 23.1 Å². The van der Waals surface area contributed by atoms with Gasteiger partial charge in [-0.25, -0.2) is 0 Å². The molecule has 0 aromatic heterocycles. The van der Waals surface area contributed by atoms with Gasteiger partial charge in [0.1, 0.15) is 17.3 Å². The lowest BCUT2D eigenvalue weighted by molar-refractivity contribution is -0.132. The Kier molecular flexibility index (Phi) is 7.15. The van der Waals surface area contributed by atoms with Crippen molar-refractivity contribution in [1.82, 2.24) is 0 Å². The lowest BCUT2D eigenvalue weighted by atomic mass is 9.93. The van der Waals surface area contributed by atoms with E-state index in [2.05, 4.69) is 13.8 Å². The minimum absolute atomic E-state index is 0.0469. The van der Waals surface area contributed by atoms with Gasteiger partial charge in [0.15, 0.2) is 0 Å². The number of rotatable bonds is 7. The van der Waals surface area contributed by atoms with E-state index in [0.717, 1.165) is 11.1 Å². The number of aliphatic hydroxyl groups is 1. The molecule has 3 aromatic carbocycles. The zero-order valence-electron chi connectivity index (χ0n) is 21.2. The van der Waals surface area contributed by atoms with Gasteiger partial charge in [-0.05, 0) is 78.9 Å². The first-order valence-electron chi connectivity index (χ1n) is 12.0. The highest BCUT2D eigenvalue weighted by molar-refractivity contribution is 6.51. The first kappa shape index (κ1) is 25.0. The van der Waals surface area contributed by atoms with E-state index < -0.39 is 17.7 Å². The van der Waals surface area contributed by atoms with Crippen LogP contribution in [-0.4, -0.2) is 30.5 Å². The summed E-state index contributed by atoms with van der Waals surface area (Å²) in [4.78, 5) is 28.2. The van der Waals surface area contributed by atoms with Gasteiger partial charge in [0.2, 0.25) is 0 Å². The Morgan fingerprint density at radius 3 is 2.28 bits per heavy atom. The summed E-state index contributed by atoms with van der Waals surface area (Å²) in [5, 5.41) is 11.4. The van der Waals surface area contributed by atoms with E-state index in [0.29, 0.717) is 40.8 Å². The number of aryl methyl sites for hydroxylation is 2. The van der Waals surface area contributed by atoms with Crippen LogP contribution in [0.3, 0.4) is 0 Å². The molecule has 1 N–H and O–H groups in total. The molecule has 1 amide bonds. The Hall–Kier alpha value is -4.06. The summed E-state index contributed by atoms with van der Waals surface area (Å²) in [5.41, 5.74) is 3.49. The third-order valence-electron chi connectivity index (χ3n) is 6.19. The van der Waals surface area contributed by atoms with E-state index in [4.69, 9.17) is 9.47 Å². The van der Waals surface area contributed by atoms with Crippen LogP contribution in [0.25, 0.3) is 5.76 Å². The summed E-state index contributed by atoms with van der Waals surface area (Å²) >= 11 is 0. The van der Waals surface area contributed by atoms with Crippen molar-refractivity contribution < 1.29 is 24.2 Å². The Labute approximate surface area is 211 Å². The summed E-state index contributed by atoms with van der Waals surface area (Å²) in [5.74, 6) is 0.0936. The number of carbonyl (C=O) groups excluding carboxylic acids is 2. The zero-order chi connectivity index (χ0) is 26.0. The van der Waals surface area contributed by atoms with E-state index in [-0.39, 0.29) is 11.3 Å². The molecule has 1 saturated heterocycles. The molecule has 0 aliphatic carbocycles. The molecule has 0 spiro atoms. The topological polar surface area (TPSA) is 76.1 Å². The Balaban J connectivity index is 1.87. The first-order chi connectivity index (χ1) is 17.2. The van der Waals surface area contributed by atoms with Crippen molar-refractivity contribution in [3.05, 3.63) is 94.6 Å². The maximum absolute atomic E-state index is 13.4. The van der Waals surface area contributed by atoms with Crippen LogP contribution in [0, 0.1) is 19.8 Å². The zero-order valence-corrected chi connectivity index (χ0v) is 21.2. The van der Waals surface area contributed by atoms with Gasteiger partial charge in [0.25, 0.3) is 11.7 Å². The smallest absolute Gasteiger partial charge is 0.300 e. The number of carbonyl (C=O) groups is 2. The monoisotopic (exact) mass is 485 g/mol. The highest BCUT2D eigenvalue weighted by atomic mass is 16.5. The van der Waals surface area contributed by atoms with Crippen LogP contribution in [0.5, 0.6) is 11.5 Å². The van der Waals surface area contributed by atoms with Gasteiger partial charge < -0.3 is 14.6 Å². The summed E-state index contributed by atoms with van der Waals surface area (Å²) in [6.07, 6.45) is 0. The third-order valence-corrected chi connectivity index (χ3v) is 6.19. The second kappa shape index (κ2) is 10.3. The fraction of sp³-hybridized carbons (Fsp3) is 0.267. The largest absolute Gasteiger partial charge is 0.507 e. The Morgan fingerprint density at radius 1 is 0.972 bits per heavy atom. The second-order valence-corrected chi connectivity index (χ2v) is 9.46. The molecular weight excluding hydrogens is 454 g/mol. The number of nitrogens with zero attached hydrogens (tertiary/aromatic N) is 1. The van der Waals surface area contributed by atoms with Gasteiger partial charge in [-0.1, -0.05) is 38.1 Å². The molecule has 1 aliphatic rings. The normalized spacial score (nSPS) is 17.1. The summed E-state index contributed by atoms with van der Waals surface area (Å²) in [6.45, 7) is 8.48. The van der Waals surface area contributed by atoms with E-state index in [9.17, 15) is 14.7 Å². The number of Topliss-reactive ketones (excluding diaryl/α,β-unsaturated/α-hetero) is 1. The summed E-state index contributed by atoms with van der Waals surface area (Å²) in [6, 6.07) is 19.1. The summed E-state index contributed by atoms with van der Waals surface area (Å²) < 4.78 is 11.1. The van der Waals surface area contributed by atoms with Crippen LogP contribution in [0.15, 0.2) is 72.3 Å². The fourth-order valence-corrected chi connectivity index (χ4v) is 4.38. The van der Waals surface area contributed by atoms with Gasteiger partial charge >= 0.3 is 0 Å². The second-order valence-electron chi connectivity index (χ2n) is 9.46. The van der Waals surface area contributed by atoms with Crippen molar-refractivity contribution in [3.63, 3.8) is 0 Å². The predicted octanol–water partition coefficient (Wildman–Crippen LogP) is 5.97. The molecule has 6 heteroatoms. The fourth-order valence-electron chi connectivity index (χ4n) is 4.38. The maximum atomic E-state index is 13.4. The molecular formula is C30H31NO5. The van der Waals surface area contributed by atoms with Crippen LogP contribution in [0.2, 0.25) is 0 Å². The highest BCUT2D eigenvalue weighted by Gasteiger charge is 2.47. The Bertz CT molecular complexity index is 1320. The number of aliphatic hydroxyl groups excluding tert-OH is 1. The van der Waals surface area contributed by atoms with Crippen molar-refractivity contribution in [2.45, 2.75) is 33.7 Å². The lowest BCUT2D eigenvalue weighted by Crippen LogP contribution is -2.29. The average molecular weight is 486 g/mol. The molecule has 1 heterocycles. The van der Waals surface area contributed by atoms with Crippen LogP contribution in [0.1, 0.15) is 42.1 Å². The van der Waals surface area contributed by atoms with Crippen molar-refractivity contribution in [2.24, 2.45) is 5.92 Å². The Morgan fingerprint density at radius 2 is 1.67 bits per heavy atom. The number of ketones is 1. The van der Waals surface area contributed by atoms with Gasteiger partial charge in [0, 0.05) is 11.3 Å². The highest BCUT2D eigenvalue weighted by Crippen LogP contribution is 2.43. The van der Waals surface area contributed by atoms with Crippen molar-refractivity contribution in [2.75, 3.05) is 18.6 Å². The predicted molar refractivity (Wildman–Crippen MR) is 140 cm³/mol. The maximum Gasteiger partial charge on any atom is 0.300 e.